The van der Waals surface area contributed by atoms with Crippen molar-refractivity contribution < 1.29 is 19.1 Å². The first kappa shape index (κ1) is 20.6. The number of ether oxygens (including phenoxy) is 2. The number of rotatable bonds is 5. The number of amides is 2. The summed E-state index contributed by atoms with van der Waals surface area (Å²) in [6, 6.07) is 16.1. The number of carbonyl (C=O) groups excluding carboxylic acids is 2. The second-order valence-corrected chi connectivity index (χ2v) is 7.12. The van der Waals surface area contributed by atoms with Crippen molar-refractivity contribution in [3.05, 3.63) is 71.4 Å². The fourth-order valence-electron chi connectivity index (χ4n) is 3.32. The SMILES string of the molecule is COc1ccc(C=C(NC(=O)c2ccccc2)C(=O)N2C[C@@H](C)O[C@@H](C)C2)cc1. The Hall–Kier alpha value is -3.12. The largest absolute Gasteiger partial charge is 0.497 e. The van der Waals surface area contributed by atoms with E-state index in [9.17, 15) is 9.59 Å². The summed E-state index contributed by atoms with van der Waals surface area (Å²) < 4.78 is 10.9. The van der Waals surface area contributed by atoms with E-state index in [2.05, 4.69) is 5.32 Å². The van der Waals surface area contributed by atoms with E-state index in [1.165, 1.54) is 0 Å². The minimum absolute atomic E-state index is 0.0604. The van der Waals surface area contributed by atoms with Crippen molar-refractivity contribution in [3.8, 4) is 5.75 Å². The molecule has 3 rings (SSSR count). The van der Waals surface area contributed by atoms with Gasteiger partial charge in [0.25, 0.3) is 11.8 Å². The van der Waals surface area contributed by atoms with Gasteiger partial charge in [0.05, 0.1) is 19.3 Å². The molecule has 2 atom stereocenters. The quantitative estimate of drug-likeness (QED) is 0.792. The second-order valence-electron chi connectivity index (χ2n) is 7.12. The molecule has 1 N–H and O–H groups in total. The highest BCUT2D eigenvalue weighted by Gasteiger charge is 2.28. The molecular weight excluding hydrogens is 368 g/mol. The van der Waals surface area contributed by atoms with Gasteiger partial charge in [0.1, 0.15) is 11.4 Å². The molecule has 2 aromatic rings. The van der Waals surface area contributed by atoms with Gasteiger partial charge in [0.2, 0.25) is 0 Å². The molecule has 1 aliphatic heterocycles. The number of morpholine rings is 1. The van der Waals surface area contributed by atoms with Gasteiger partial charge < -0.3 is 19.7 Å². The molecule has 0 unspecified atom stereocenters. The molecule has 0 bridgehead atoms. The molecule has 0 spiro atoms. The molecule has 0 aromatic heterocycles. The van der Waals surface area contributed by atoms with Crippen LogP contribution in [0.2, 0.25) is 0 Å². The van der Waals surface area contributed by atoms with Crippen LogP contribution >= 0.6 is 0 Å². The summed E-state index contributed by atoms with van der Waals surface area (Å²) >= 11 is 0. The van der Waals surface area contributed by atoms with Gasteiger partial charge >= 0.3 is 0 Å². The average Bonchev–Trinajstić information content (AvgIpc) is 2.73. The van der Waals surface area contributed by atoms with Crippen LogP contribution in [0.3, 0.4) is 0 Å². The maximum atomic E-state index is 13.2. The van der Waals surface area contributed by atoms with E-state index in [1.807, 2.05) is 44.2 Å². The maximum absolute atomic E-state index is 13.2. The predicted octanol–water partition coefficient (Wildman–Crippen LogP) is 3.10. The highest BCUT2D eigenvalue weighted by molar-refractivity contribution is 6.05. The summed E-state index contributed by atoms with van der Waals surface area (Å²) in [4.78, 5) is 27.7. The number of hydrogen-bond acceptors (Lipinski definition) is 4. The van der Waals surface area contributed by atoms with Crippen LogP contribution in [0.15, 0.2) is 60.3 Å². The molecular formula is C23H26N2O4. The summed E-state index contributed by atoms with van der Waals surface area (Å²) in [5, 5.41) is 2.80. The Morgan fingerprint density at radius 3 is 2.24 bits per heavy atom. The summed E-state index contributed by atoms with van der Waals surface area (Å²) in [7, 11) is 1.60. The van der Waals surface area contributed by atoms with Crippen LogP contribution in [0.25, 0.3) is 6.08 Å². The minimum atomic E-state index is -0.326. The Morgan fingerprint density at radius 1 is 1.03 bits per heavy atom. The molecule has 6 nitrogen and oxygen atoms in total. The smallest absolute Gasteiger partial charge is 0.270 e. The highest BCUT2D eigenvalue weighted by Crippen LogP contribution is 2.17. The molecule has 2 amide bonds. The number of hydrogen-bond donors (Lipinski definition) is 1. The van der Waals surface area contributed by atoms with Gasteiger partial charge in [-0.25, -0.2) is 0 Å². The minimum Gasteiger partial charge on any atom is -0.497 e. The Kier molecular flexibility index (Phi) is 6.67. The van der Waals surface area contributed by atoms with Crippen LogP contribution in [0.5, 0.6) is 5.75 Å². The summed E-state index contributed by atoms with van der Waals surface area (Å²) in [6.45, 7) is 4.82. The number of carbonyl (C=O) groups is 2. The van der Waals surface area contributed by atoms with Gasteiger partial charge in [-0.1, -0.05) is 30.3 Å². The zero-order valence-corrected chi connectivity index (χ0v) is 16.9. The lowest BCUT2D eigenvalue weighted by atomic mass is 10.1. The molecule has 1 heterocycles. The molecule has 0 radical (unpaired) electrons. The van der Waals surface area contributed by atoms with Crippen molar-refractivity contribution in [3.63, 3.8) is 0 Å². The standard InChI is InChI=1S/C23H26N2O4/c1-16-14-25(15-17(2)29-16)23(27)21(13-18-9-11-20(28-3)12-10-18)24-22(26)19-7-5-4-6-8-19/h4-13,16-17H,14-15H2,1-3H3,(H,24,26)/t16-,17+. The third kappa shape index (κ3) is 5.45. The first-order valence-electron chi connectivity index (χ1n) is 9.63. The highest BCUT2D eigenvalue weighted by atomic mass is 16.5. The van der Waals surface area contributed by atoms with Crippen LogP contribution in [-0.2, 0) is 9.53 Å². The molecule has 1 fully saturated rings. The molecule has 1 saturated heterocycles. The third-order valence-corrected chi connectivity index (χ3v) is 4.65. The second kappa shape index (κ2) is 9.39. The number of methoxy groups -OCH3 is 1. The van der Waals surface area contributed by atoms with Crippen LogP contribution in [0.4, 0.5) is 0 Å². The third-order valence-electron chi connectivity index (χ3n) is 4.65. The Labute approximate surface area is 171 Å². The van der Waals surface area contributed by atoms with Gasteiger partial charge in [-0.2, -0.15) is 0 Å². The van der Waals surface area contributed by atoms with E-state index < -0.39 is 0 Å². The lowest BCUT2D eigenvalue weighted by Crippen LogP contribution is -2.50. The van der Waals surface area contributed by atoms with Gasteiger partial charge in [0, 0.05) is 18.7 Å². The molecule has 6 heteroatoms. The lowest BCUT2D eigenvalue weighted by Gasteiger charge is -2.35. The monoisotopic (exact) mass is 394 g/mol. The van der Waals surface area contributed by atoms with Crippen LogP contribution in [0, 0.1) is 0 Å². The molecule has 152 valence electrons. The van der Waals surface area contributed by atoms with Crippen molar-refractivity contribution in [2.75, 3.05) is 20.2 Å². The van der Waals surface area contributed by atoms with E-state index >= 15 is 0 Å². The number of nitrogens with zero attached hydrogens (tertiary/aromatic N) is 1. The fraction of sp³-hybridized carbons (Fsp3) is 0.304. The summed E-state index contributed by atoms with van der Waals surface area (Å²) in [5.41, 5.74) is 1.51. The summed E-state index contributed by atoms with van der Waals surface area (Å²) in [5.74, 6) is 0.166. The molecule has 0 aliphatic carbocycles. The lowest BCUT2D eigenvalue weighted by molar-refractivity contribution is -0.139. The van der Waals surface area contributed by atoms with Gasteiger partial charge in [-0.3, -0.25) is 9.59 Å². The van der Waals surface area contributed by atoms with E-state index in [0.717, 1.165) is 11.3 Å². The molecule has 1 aliphatic rings. The van der Waals surface area contributed by atoms with Crippen molar-refractivity contribution in [2.24, 2.45) is 0 Å². The van der Waals surface area contributed by atoms with E-state index in [1.54, 1.807) is 42.4 Å². The normalized spacial score (nSPS) is 19.6. The average molecular weight is 394 g/mol. The molecule has 29 heavy (non-hydrogen) atoms. The summed E-state index contributed by atoms with van der Waals surface area (Å²) in [6.07, 6.45) is 1.57. The van der Waals surface area contributed by atoms with Crippen molar-refractivity contribution in [1.29, 1.82) is 0 Å². The van der Waals surface area contributed by atoms with E-state index in [4.69, 9.17) is 9.47 Å². The van der Waals surface area contributed by atoms with Crippen LogP contribution in [0.1, 0.15) is 29.8 Å². The molecule has 0 saturated carbocycles. The topological polar surface area (TPSA) is 67.9 Å². The fourth-order valence-corrected chi connectivity index (χ4v) is 3.32. The zero-order chi connectivity index (χ0) is 20.8. The first-order valence-corrected chi connectivity index (χ1v) is 9.63. The number of benzene rings is 2. The Morgan fingerprint density at radius 2 is 1.66 bits per heavy atom. The van der Waals surface area contributed by atoms with Crippen molar-refractivity contribution >= 4 is 17.9 Å². The predicted molar refractivity (Wildman–Crippen MR) is 111 cm³/mol. The Bertz CT molecular complexity index is 868. The van der Waals surface area contributed by atoms with Crippen molar-refractivity contribution in [2.45, 2.75) is 26.1 Å². The molecule has 2 aromatic carbocycles. The van der Waals surface area contributed by atoms with Gasteiger partial charge in [-0.05, 0) is 49.8 Å². The van der Waals surface area contributed by atoms with Crippen molar-refractivity contribution in [1.82, 2.24) is 10.2 Å². The zero-order valence-electron chi connectivity index (χ0n) is 16.9. The first-order chi connectivity index (χ1) is 14.0. The van der Waals surface area contributed by atoms with E-state index in [0.29, 0.717) is 18.7 Å². The maximum Gasteiger partial charge on any atom is 0.270 e. The van der Waals surface area contributed by atoms with Crippen LogP contribution in [-0.4, -0.2) is 49.1 Å². The Balaban J connectivity index is 1.88. The van der Waals surface area contributed by atoms with Gasteiger partial charge in [-0.15, -0.1) is 0 Å². The van der Waals surface area contributed by atoms with Gasteiger partial charge in [0.15, 0.2) is 0 Å². The number of nitrogens with one attached hydrogen (secondary N) is 1. The van der Waals surface area contributed by atoms with E-state index in [-0.39, 0.29) is 29.7 Å². The van der Waals surface area contributed by atoms with Crippen LogP contribution < -0.4 is 10.1 Å².